The summed E-state index contributed by atoms with van der Waals surface area (Å²) in [6.07, 6.45) is 3.86. The molecule has 0 radical (unpaired) electrons. The lowest BCUT2D eigenvalue weighted by Crippen LogP contribution is -2.30. The Bertz CT molecular complexity index is 243. The van der Waals surface area contributed by atoms with Crippen molar-refractivity contribution in [2.75, 3.05) is 13.2 Å². The van der Waals surface area contributed by atoms with Gasteiger partial charge in [0.2, 0.25) is 5.91 Å². The molecule has 1 aliphatic heterocycles. The van der Waals surface area contributed by atoms with Crippen LogP contribution in [-0.4, -0.2) is 36.2 Å². The van der Waals surface area contributed by atoms with E-state index < -0.39 is 11.9 Å². The van der Waals surface area contributed by atoms with Crippen LogP contribution in [-0.2, 0) is 14.3 Å². The third-order valence-corrected chi connectivity index (χ3v) is 1.91. The van der Waals surface area contributed by atoms with Crippen molar-refractivity contribution >= 4 is 11.9 Å². The standard InChI is InChI=1S/C9H13NO4/c11-8(3-4-9(12)13)10-6-7-2-1-5-14-7/h3-4,7H,1-2,5-6H2,(H,10,11)(H,12,13). The van der Waals surface area contributed by atoms with Gasteiger partial charge in [-0.1, -0.05) is 0 Å². The van der Waals surface area contributed by atoms with Gasteiger partial charge in [0.05, 0.1) is 6.10 Å². The fraction of sp³-hybridized carbons (Fsp3) is 0.556. The van der Waals surface area contributed by atoms with Gasteiger partial charge in [0, 0.05) is 25.3 Å². The Hall–Kier alpha value is -1.36. The molecular weight excluding hydrogens is 186 g/mol. The maximum absolute atomic E-state index is 11.0. The summed E-state index contributed by atoms with van der Waals surface area (Å²) < 4.78 is 5.27. The number of amides is 1. The molecule has 2 N–H and O–H groups in total. The minimum absolute atomic E-state index is 0.0807. The van der Waals surface area contributed by atoms with Crippen molar-refractivity contribution in [3.63, 3.8) is 0 Å². The topological polar surface area (TPSA) is 75.6 Å². The quantitative estimate of drug-likeness (QED) is 0.621. The van der Waals surface area contributed by atoms with E-state index in [1.54, 1.807) is 0 Å². The summed E-state index contributed by atoms with van der Waals surface area (Å²) in [6, 6.07) is 0. The van der Waals surface area contributed by atoms with Crippen molar-refractivity contribution in [1.29, 1.82) is 0 Å². The molecule has 0 aromatic carbocycles. The van der Waals surface area contributed by atoms with E-state index in [0.29, 0.717) is 6.54 Å². The summed E-state index contributed by atoms with van der Waals surface area (Å²) in [5.41, 5.74) is 0. The number of nitrogens with one attached hydrogen (secondary N) is 1. The normalized spacial score (nSPS) is 21.3. The highest BCUT2D eigenvalue weighted by molar-refractivity contribution is 5.93. The second kappa shape index (κ2) is 5.39. The average molecular weight is 199 g/mol. The molecule has 0 bridgehead atoms. The van der Waals surface area contributed by atoms with Gasteiger partial charge < -0.3 is 15.2 Å². The lowest BCUT2D eigenvalue weighted by atomic mass is 10.2. The van der Waals surface area contributed by atoms with Gasteiger partial charge in [-0.15, -0.1) is 0 Å². The van der Waals surface area contributed by atoms with Gasteiger partial charge in [-0.05, 0) is 12.8 Å². The molecule has 0 saturated carbocycles. The summed E-state index contributed by atoms with van der Waals surface area (Å²) in [4.78, 5) is 21.1. The van der Waals surface area contributed by atoms with Crippen LogP contribution >= 0.6 is 0 Å². The molecule has 0 aliphatic carbocycles. The number of hydrogen-bond acceptors (Lipinski definition) is 3. The Labute approximate surface area is 81.7 Å². The van der Waals surface area contributed by atoms with Crippen molar-refractivity contribution in [3.8, 4) is 0 Å². The summed E-state index contributed by atoms with van der Waals surface area (Å²) in [5.74, 6) is -1.53. The molecule has 1 saturated heterocycles. The van der Waals surface area contributed by atoms with Crippen LogP contribution in [0.2, 0.25) is 0 Å². The van der Waals surface area contributed by atoms with E-state index in [0.717, 1.165) is 31.6 Å². The third-order valence-electron chi connectivity index (χ3n) is 1.91. The monoisotopic (exact) mass is 199 g/mol. The molecule has 1 atom stereocenters. The van der Waals surface area contributed by atoms with Crippen molar-refractivity contribution in [1.82, 2.24) is 5.32 Å². The SMILES string of the molecule is O=C(O)C=CC(=O)NCC1CCCO1. The maximum atomic E-state index is 11.0. The van der Waals surface area contributed by atoms with Crippen LogP contribution in [0, 0.1) is 0 Å². The summed E-state index contributed by atoms with van der Waals surface area (Å²) >= 11 is 0. The number of carbonyl (C=O) groups excluding carboxylic acids is 1. The van der Waals surface area contributed by atoms with Crippen LogP contribution in [0.25, 0.3) is 0 Å². The second-order valence-corrected chi connectivity index (χ2v) is 3.05. The Morgan fingerprint density at radius 3 is 2.86 bits per heavy atom. The molecule has 1 unspecified atom stereocenters. The van der Waals surface area contributed by atoms with Gasteiger partial charge in [0.1, 0.15) is 0 Å². The fourth-order valence-corrected chi connectivity index (χ4v) is 1.23. The molecule has 1 amide bonds. The van der Waals surface area contributed by atoms with E-state index in [-0.39, 0.29) is 6.10 Å². The molecule has 14 heavy (non-hydrogen) atoms. The molecule has 0 aromatic rings. The predicted octanol–water partition coefficient (Wildman–Crippen LogP) is -0.0776. The zero-order valence-electron chi connectivity index (χ0n) is 7.73. The highest BCUT2D eigenvalue weighted by Crippen LogP contribution is 2.10. The van der Waals surface area contributed by atoms with E-state index in [1.807, 2.05) is 0 Å². The summed E-state index contributed by atoms with van der Waals surface area (Å²) in [7, 11) is 0. The van der Waals surface area contributed by atoms with Crippen molar-refractivity contribution < 1.29 is 19.4 Å². The molecule has 1 aliphatic rings. The average Bonchev–Trinajstić information content (AvgIpc) is 2.63. The lowest BCUT2D eigenvalue weighted by Gasteiger charge is -2.08. The first-order chi connectivity index (χ1) is 6.68. The minimum atomic E-state index is -1.13. The largest absolute Gasteiger partial charge is 0.478 e. The summed E-state index contributed by atoms with van der Waals surface area (Å²) in [5, 5.41) is 10.8. The van der Waals surface area contributed by atoms with E-state index in [1.165, 1.54) is 0 Å². The first-order valence-electron chi connectivity index (χ1n) is 4.49. The van der Waals surface area contributed by atoms with Gasteiger partial charge >= 0.3 is 5.97 Å². The van der Waals surface area contributed by atoms with Crippen LogP contribution in [0.5, 0.6) is 0 Å². The number of hydrogen-bond donors (Lipinski definition) is 2. The Kier molecular flexibility index (Phi) is 4.12. The second-order valence-electron chi connectivity index (χ2n) is 3.05. The molecule has 1 fully saturated rings. The Morgan fingerprint density at radius 1 is 1.50 bits per heavy atom. The summed E-state index contributed by atoms with van der Waals surface area (Å²) in [6.45, 7) is 1.19. The zero-order valence-corrected chi connectivity index (χ0v) is 7.73. The van der Waals surface area contributed by atoms with Crippen molar-refractivity contribution in [2.45, 2.75) is 18.9 Å². The molecule has 78 valence electrons. The van der Waals surface area contributed by atoms with E-state index in [9.17, 15) is 9.59 Å². The number of aliphatic carboxylic acids is 1. The van der Waals surface area contributed by atoms with E-state index in [2.05, 4.69) is 5.32 Å². The molecule has 0 aromatic heterocycles. The van der Waals surface area contributed by atoms with E-state index >= 15 is 0 Å². The van der Waals surface area contributed by atoms with Crippen molar-refractivity contribution in [3.05, 3.63) is 12.2 Å². The predicted molar refractivity (Wildman–Crippen MR) is 48.8 cm³/mol. The van der Waals surface area contributed by atoms with Crippen LogP contribution in [0.3, 0.4) is 0 Å². The molecule has 5 nitrogen and oxygen atoms in total. The van der Waals surface area contributed by atoms with Gasteiger partial charge in [0.25, 0.3) is 0 Å². The van der Waals surface area contributed by atoms with E-state index in [4.69, 9.17) is 9.84 Å². The molecular formula is C9H13NO4. The first-order valence-corrected chi connectivity index (χ1v) is 4.49. The lowest BCUT2D eigenvalue weighted by molar-refractivity contribution is -0.131. The Balaban J connectivity index is 2.17. The minimum Gasteiger partial charge on any atom is -0.478 e. The maximum Gasteiger partial charge on any atom is 0.328 e. The Morgan fingerprint density at radius 2 is 2.29 bits per heavy atom. The number of ether oxygens (including phenoxy) is 1. The van der Waals surface area contributed by atoms with Crippen LogP contribution in [0.15, 0.2) is 12.2 Å². The van der Waals surface area contributed by atoms with Gasteiger partial charge in [-0.3, -0.25) is 4.79 Å². The third kappa shape index (κ3) is 4.04. The molecule has 5 heteroatoms. The first kappa shape index (κ1) is 10.7. The van der Waals surface area contributed by atoms with Gasteiger partial charge in [-0.2, -0.15) is 0 Å². The number of carboxylic acid groups (broad SMARTS) is 1. The number of carboxylic acids is 1. The fourth-order valence-electron chi connectivity index (χ4n) is 1.23. The van der Waals surface area contributed by atoms with Gasteiger partial charge in [0.15, 0.2) is 0 Å². The molecule has 0 spiro atoms. The highest BCUT2D eigenvalue weighted by Gasteiger charge is 2.15. The van der Waals surface area contributed by atoms with Gasteiger partial charge in [-0.25, -0.2) is 4.79 Å². The van der Waals surface area contributed by atoms with Crippen LogP contribution in [0.1, 0.15) is 12.8 Å². The molecule has 1 rings (SSSR count). The smallest absolute Gasteiger partial charge is 0.328 e. The van der Waals surface area contributed by atoms with Crippen LogP contribution in [0.4, 0.5) is 0 Å². The molecule has 1 heterocycles. The zero-order chi connectivity index (χ0) is 10.4. The van der Waals surface area contributed by atoms with Crippen molar-refractivity contribution in [2.24, 2.45) is 0 Å². The number of carbonyl (C=O) groups is 2. The number of rotatable bonds is 4. The van der Waals surface area contributed by atoms with Crippen LogP contribution < -0.4 is 5.32 Å². The highest BCUT2D eigenvalue weighted by atomic mass is 16.5.